The number of ether oxygens (including phenoxy) is 1. The van der Waals surface area contributed by atoms with Crippen LogP contribution in [-0.2, 0) is 6.54 Å². The number of methoxy groups -OCH3 is 1. The van der Waals surface area contributed by atoms with Gasteiger partial charge in [-0.15, -0.1) is 0 Å². The summed E-state index contributed by atoms with van der Waals surface area (Å²) in [5, 5.41) is 4.60. The summed E-state index contributed by atoms with van der Waals surface area (Å²) in [4.78, 5) is 0. The van der Waals surface area contributed by atoms with E-state index < -0.39 is 0 Å². The van der Waals surface area contributed by atoms with E-state index in [1.165, 1.54) is 17.9 Å². The Morgan fingerprint density at radius 3 is 3.21 bits per heavy atom. The van der Waals surface area contributed by atoms with Crippen LogP contribution >= 0.6 is 11.8 Å². The molecule has 19 heavy (non-hydrogen) atoms. The zero-order chi connectivity index (χ0) is 13.1. The standard InChI is InChI=1S/C15H19NO2S/c1-17-14-4-2-3-12-7-13(18-15(12)14)9-16-8-11-5-6-19-10-11/h2-4,7,11,16H,5-6,8-10H2,1H3. The molecule has 0 amide bonds. The predicted octanol–water partition coefficient (Wildman–Crippen LogP) is 3.28. The minimum atomic E-state index is 0.791. The third-order valence-corrected chi connectivity index (χ3v) is 4.77. The van der Waals surface area contributed by atoms with Crippen LogP contribution in [0.15, 0.2) is 28.7 Å². The van der Waals surface area contributed by atoms with Crippen molar-refractivity contribution in [3.05, 3.63) is 30.0 Å². The van der Waals surface area contributed by atoms with Gasteiger partial charge in [-0.25, -0.2) is 0 Å². The van der Waals surface area contributed by atoms with Crippen LogP contribution in [0.5, 0.6) is 5.75 Å². The van der Waals surface area contributed by atoms with Gasteiger partial charge < -0.3 is 14.5 Å². The molecular weight excluding hydrogens is 258 g/mol. The Bertz CT molecular complexity index is 546. The van der Waals surface area contributed by atoms with Gasteiger partial charge in [-0.1, -0.05) is 12.1 Å². The SMILES string of the molecule is COc1cccc2cc(CNCC3CCSC3)oc12. The van der Waals surface area contributed by atoms with Crippen molar-refractivity contribution in [1.82, 2.24) is 5.32 Å². The fraction of sp³-hybridized carbons (Fsp3) is 0.467. The Balaban J connectivity index is 1.64. The van der Waals surface area contributed by atoms with E-state index in [4.69, 9.17) is 9.15 Å². The lowest BCUT2D eigenvalue weighted by atomic mass is 10.1. The molecule has 2 heterocycles. The van der Waals surface area contributed by atoms with Crippen LogP contribution in [0.4, 0.5) is 0 Å². The second-order valence-electron chi connectivity index (χ2n) is 4.95. The number of para-hydroxylation sites is 1. The summed E-state index contributed by atoms with van der Waals surface area (Å²) in [7, 11) is 1.67. The highest BCUT2D eigenvalue weighted by Gasteiger charge is 2.15. The van der Waals surface area contributed by atoms with Gasteiger partial charge in [0.1, 0.15) is 5.76 Å². The molecule has 3 nitrogen and oxygen atoms in total. The maximum absolute atomic E-state index is 5.86. The van der Waals surface area contributed by atoms with Crippen LogP contribution in [0, 0.1) is 5.92 Å². The number of hydrogen-bond acceptors (Lipinski definition) is 4. The van der Waals surface area contributed by atoms with Crippen molar-refractivity contribution in [3.63, 3.8) is 0 Å². The Kier molecular flexibility index (Phi) is 3.99. The van der Waals surface area contributed by atoms with Crippen LogP contribution < -0.4 is 10.1 Å². The van der Waals surface area contributed by atoms with Crippen LogP contribution in [0.1, 0.15) is 12.2 Å². The zero-order valence-electron chi connectivity index (χ0n) is 11.1. The minimum absolute atomic E-state index is 0.791. The van der Waals surface area contributed by atoms with Crippen molar-refractivity contribution in [1.29, 1.82) is 0 Å². The molecule has 1 aliphatic heterocycles. The molecule has 1 fully saturated rings. The molecule has 1 aromatic carbocycles. The number of thioether (sulfide) groups is 1. The van der Waals surface area contributed by atoms with Gasteiger partial charge in [-0.05, 0) is 42.5 Å². The average molecular weight is 277 g/mol. The largest absolute Gasteiger partial charge is 0.493 e. The molecule has 0 spiro atoms. The second-order valence-corrected chi connectivity index (χ2v) is 6.10. The number of rotatable bonds is 5. The summed E-state index contributed by atoms with van der Waals surface area (Å²) in [5.41, 5.74) is 0.846. The van der Waals surface area contributed by atoms with Crippen molar-refractivity contribution >= 4 is 22.7 Å². The molecule has 4 heteroatoms. The topological polar surface area (TPSA) is 34.4 Å². The van der Waals surface area contributed by atoms with Gasteiger partial charge in [0.25, 0.3) is 0 Å². The van der Waals surface area contributed by atoms with Gasteiger partial charge in [0.2, 0.25) is 0 Å². The highest BCUT2D eigenvalue weighted by atomic mass is 32.2. The van der Waals surface area contributed by atoms with E-state index in [0.717, 1.165) is 41.5 Å². The molecule has 1 aromatic heterocycles. The van der Waals surface area contributed by atoms with Gasteiger partial charge in [0.05, 0.1) is 13.7 Å². The maximum atomic E-state index is 5.86. The molecule has 0 saturated carbocycles. The first kappa shape index (κ1) is 12.9. The average Bonchev–Trinajstić information content (AvgIpc) is 3.06. The van der Waals surface area contributed by atoms with Crippen LogP contribution in [0.25, 0.3) is 11.0 Å². The molecule has 1 atom stereocenters. The number of nitrogens with one attached hydrogen (secondary N) is 1. The van der Waals surface area contributed by atoms with Crippen molar-refractivity contribution < 1.29 is 9.15 Å². The van der Waals surface area contributed by atoms with E-state index in [1.807, 2.05) is 12.1 Å². The lowest BCUT2D eigenvalue weighted by Crippen LogP contribution is -2.21. The molecule has 2 aromatic rings. The normalized spacial score (nSPS) is 19.1. The lowest BCUT2D eigenvalue weighted by Gasteiger charge is -2.08. The summed E-state index contributed by atoms with van der Waals surface area (Å²) >= 11 is 2.06. The fourth-order valence-electron chi connectivity index (χ4n) is 2.48. The van der Waals surface area contributed by atoms with Gasteiger partial charge in [0.15, 0.2) is 11.3 Å². The minimum Gasteiger partial charge on any atom is -0.493 e. The summed E-state index contributed by atoms with van der Waals surface area (Å²) in [6.07, 6.45) is 1.34. The first-order valence-electron chi connectivity index (χ1n) is 6.70. The Morgan fingerprint density at radius 2 is 2.42 bits per heavy atom. The van der Waals surface area contributed by atoms with Crippen molar-refractivity contribution in [2.45, 2.75) is 13.0 Å². The number of furan rings is 1. The molecule has 102 valence electrons. The van der Waals surface area contributed by atoms with Gasteiger partial charge in [-0.2, -0.15) is 11.8 Å². The van der Waals surface area contributed by atoms with Crippen LogP contribution in [0.2, 0.25) is 0 Å². The Hall–Kier alpha value is -1.13. The highest BCUT2D eigenvalue weighted by molar-refractivity contribution is 7.99. The van der Waals surface area contributed by atoms with Gasteiger partial charge in [0, 0.05) is 5.39 Å². The number of benzene rings is 1. The van der Waals surface area contributed by atoms with Crippen molar-refractivity contribution in [3.8, 4) is 5.75 Å². The first-order valence-corrected chi connectivity index (χ1v) is 7.86. The number of fused-ring (bicyclic) bond motifs is 1. The summed E-state index contributed by atoms with van der Waals surface area (Å²) in [5.74, 6) is 5.21. The van der Waals surface area contributed by atoms with E-state index in [9.17, 15) is 0 Å². The molecule has 1 aliphatic rings. The van der Waals surface area contributed by atoms with Gasteiger partial charge >= 0.3 is 0 Å². The predicted molar refractivity (Wildman–Crippen MR) is 79.9 cm³/mol. The molecule has 1 unspecified atom stereocenters. The van der Waals surface area contributed by atoms with E-state index in [2.05, 4.69) is 29.2 Å². The Labute approximate surface area is 117 Å². The van der Waals surface area contributed by atoms with E-state index >= 15 is 0 Å². The zero-order valence-corrected chi connectivity index (χ0v) is 12.0. The van der Waals surface area contributed by atoms with Crippen LogP contribution in [0.3, 0.4) is 0 Å². The molecular formula is C15H19NO2S. The third kappa shape index (κ3) is 2.90. The second kappa shape index (κ2) is 5.88. The molecule has 1 saturated heterocycles. The summed E-state index contributed by atoms with van der Waals surface area (Å²) < 4.78 is 11.2. The van der Waals surface area contributed by atoms with Crippen molar-refractivity contribution in [2.75, 3.05) is 25.2 Å². The van der Waals surface area contributed by atoms with Crippen molar-refractivity contribution in [2.24, 2.45) is 5.92 Å². The summed E-state index contributed by atoms with van der Waals surface area (Å²) in [6.45, 7) is 1.88. The van der Waals surface area contributed by atoms with E-state index in [-0.39, 0.29) is 0 Å². The Morgan fingerprint density at radius 1 is 1.47 bits per heavy atom. The number of hydrogen-bond donors (Lipinski definition) is 1. The molecule has 0 bridgehead atoms. The van der Waals surface area contributed by atoms with Crippen LogP contribution in [-0.4, -0.2) is 25.2 Å². The van der Waals surface area contributed by atoms with E-state index in [1.54, 1.807) is 7.11 Å². The fourth-order valence-corrected chi connectivity index (χ4v) is 3.77. The third-order valence-electron chi connectivity index (χ3n) is 3.54. The quantitative estimate of drug-likeness (QED) is 0.909. The molecule has 3 rings (SSSR count). The molecule has 0 radical (unpaired) electrons. The smallest absolute Gasteiger partial charge is 0.176 e. The first-order chi connectivity index (χ1) is 9.36. The highest BCUT2D eigenvalue weighted by Crippen LogP contribution is 2.28. The van der Waals surface area contributed by atoms with Gasteiger partial charge in [-0.3, -0.25) is 0 Å². The lowest BCUT2D eigenvalue weighted by molar-refractivity contribution is 0.405. The van der Waals surface area contributed by atoms with E-state index in [0.29, 0.717) is 0 Å². The molecule has 1 N–H and O–H groups in total. The summed E-state index contributed by atoms with van der Waals surface area (Å²) in [6, 6.07) is 8.06. The maximum Gasteiger partial charge on any atom is 0.176 e. The molecule has 0 aliphatic carbocycles. The monoisotopic (exact) mass is 277 g/mol.